The van der Waals surface area contributed by atoms with Crippen molar-refractivity contribution in [2.75, 3.05) is 7.05 Å². The molecule has 0 fully saturated rings. The smallest absolute Gasteiger partial charge is 0.251 e. The lowest BCUT2D eigenvalue weighted by Crippen LogP contribution is -2.40. The van der Waals surface area contributed by atoms with Crippen molar-refractivity contribution >= 4 is 11.6 Å². The third-order valence-electron chi connectivity index (χ3n) is 6.69. The standard InChI is InChI=1S/C31H29FN4O2/c1-31(2,24-10-5-4-6-11-24)35-29(37)22-9-7-8-21(18-22)23-14-17-26-34-27(20-12-15-25(32)16-13-20)28(30(38)33-3)36(26)19-23/h4-19,30,33,38H,1-3H3,(H,35,37). The molecule has 2 heterocycles. The van der Waals surface area contributed by atoms with Crippen molar-refractivity contribution in [2.45, 2.75) is 25.6 Å². The molecule has 0 aliphatic rings. The van der Waals surface area contributed by atoms with Gasteiger partial charge in [0.1, 0.15) is 17.7 Å². The van der Waals surface area contributed by atoms with Crippen LogP contribution in [0.2, 0.25) is 0 Å². The lowest BCUT2D eigenvalue weighted by Gasteiger charge is -2.27. The molecule has 0 saturated carbocycles. The lowest BCUT2D eigenvalue weighted by molar-refractivity contribution is 0.0912. The number of imidazole rings is 1. The first-order chi connectivity index (χ1) is 18.3. The molecule has 0 bridgehead atoms. The summed E-state index contributed by atoms with van der Waals surface area (Å²) in [6.45, 7) is 3.95. The summed E-state index contributed by atoms with van der Waals surface area (Å²) in [5.41, 5.74) is 5.13. The number of aromatic nitrogens is 2. The molecule has 0 aliphatic carbocycles. The van der Waals surface area contributed by atoms with Gasteiger partial charge in [0.15, 0.2) is 0 Å². The van der Waals surface area contributed by atoms with Crippen LogP contribution in [0.5, 0.6) is 0 Å². The number of halogens is 1. The second kappa shape index (κ2) is 10.2. The number of rotatable bonds is 7. The number of amides is 1. The zero-order chi connectivity index (χ0) is 26.9. The fourth-order valence-corrected chi connectivity index (χ4v) is 4.57. The van der Waals surface area contributed by atoms with Crippen molar-refractivity contribution in [2.24, 2.45) is 0 Å². The molecule has 3 N–H and O–H groups in total. The van der Waals surface area contributed by atoms with Gasteiger partial charge >= 0.3 is 0 Å². The number of carbonyl (C=O) groups is 1. The molecular formula is C31H29FN4O2. The van der Waals surface area contributed by atoms with Crippen LogP contribution in [-0.2, 0) is 5.54 Å². The Labute approximate surface area is 220 Å². The summed E-state index contributed by atoms with van der Waals surface area (Å²) in [7, 11) is 1.65. The van der Waals surface area contributed by atoms with Crippen molar-refractivity contribution in [3.05, 3.63) is 120 Å². The molecule has 0 saturated heterocycles. The van der Waals surface area contributed by atoms with Gasteiger partial charge in [-0.05, 0) is 86.1 Å². The molecular weight excluding hydrogens is 479 g/mol. The molecule has 6 nitrogen and oxygen atoms in total. The number of carbonyl (C=O) groups excluding carboxylic acids is 1. The van der Waals surface area contributed by atoms with Crippen LogP contribution in [0, 0.1) is 5.82 Å². The Morgan fingerprint density at radius 1 is 0.921 bits per heavy atom. The van der Waals surface area contributed by atoms with Gasteiger partial charge in [-0.2, -0.15) is 0 Å². The quantitative estimate of drug-likeness (QED) is 0.247. The maximum absolute atomic E-state index is 13.5. The first kappa shape index (κ1) is 25.3. The molecule has 0 aliphatic heterocycles. The second-order valence-corrected chi connectivity index (χ2v) is 9.72. The molecule has 192 valence electrons. The second-order valence-electron chi connectivity index (χ2n) is 9.72. The fourth-order valence-electron chi connectivity index (χ4n) is 4.57. The fraction of sp³-hybridized carbons (Fsp3) is 0.161. The van der Waals surface area contributed by atoms with Gasteiger partial charge in [-0.15, -0.1) is 0 Å². The molecule has 1 amide bonds. The SMILES string of the molecule is CNC(O)c1c(-c2ccc(F)cc2)nc2ccc(-c3cccc(C(=O)NC(C)(C)c4ccccc4)c3)cn12. The van der Waals surface area contributed by atoms with E-state index in [1.54, 1.807) is 25.2 Å². The summed E-state index contributed by atoms with van der Waals surface area (Å²) in [6.07, 6.45) is 0.883. The van der Waals surface area contributed by atoms with E-state index in [-0.39, 0.29) is 11.7 Å². The summed E-state index contributed by atoms with van der Waals surface area (Å²) in [5.74, 6) is -0.513. The highest BCUT2D eigenvalue weighted by atomic mass is 19.1. The van der Waals surface area contributed by atoms with Crippen LogP contribution < -0.4 is 10.6 Å². The molecule has 5 aromatic rings. The van der Waals surface area contributed by atoms with Crippen LogP contribution in [0.3, 0.4) is 0 Å². The van der Waals surface area contributed by atoms with Gasteiger partial charge in [-0.25, -0.2) is 9.37 Å². The minimum absolute atomic E-state index is 0.172. The first-order valence-corrected chi connectivity index (χ1v) is 12.4. The Balaban J connectivity index is 1.51. The highest BCUT2D eigenvalue weighted by Crippen LogP contribution is 2.31. The predicted molar refractivity (Wildman–Crippen MR) is 147 cm³/mol. The molecule has 5 rings (SSSR count). The van der Waals surface area contributed by atoms with E-state index in [1.807, 2.05) is 85.1 Å². The molecule has 38 heavy (non-hydrogen) atoms. The van der Waals surface area contributed by atoms with Gasteiger partial charge in [0.05, 0.1) is 16.9 Å². The highest BCUT2D eigenvalue weighted by Gasteiger charge is 2.24. The Hall–Kier alpha value is -4.33. The van der Waals surface area contributed by atoms with E-state index in [9.17, 15) is 14.3 Å². The molecule has 0 spiro atoms. The van der Waals surface area contributed by atoms with Crippen LogP contribution in [0.1, 0.15) is 41.7 Å². The van der Waals surface area contributed by atoms with Gasteiger partial charge in [0.2, 0.25) is 0 Å². The van der Waals surface area contributed by atoms with Gasteiger partial charge in [-0.3, -0.25) is 14.5 Å². The number of aliphatic hydroxyl groups is 1. The zero-order valence-electron chi connectivity index (χ0n) is 21.4. The molecule has 7 heteroatoms. The topological polar surface area (TPSA) is 78.7 Å². The van der Waals surface area contributed by atoms with Crippen LogP contribution in [0.15, 0.2) is 97.2 Å². The van der Waals surface area contributed by atoms with Crippen LogP contribution in [0.4, 0.5) is 4.39 Å². The Morgan fingerprint density at radius 3 is 2.34 bits per heavy atom. The van der Waals surface area contributed by atoms with Gasteiger partial charge in [-0.1, -0.05) is 42.5 Å². The number of benzene rings is 3. The number of nitrogens with zero attached hydrogens (tertiary/aromatic N) is 2. The minimum Gasteiger partial charge on any atom is -0.373 e. The maximum Gasteiger partial charge on any atom is 0.251 e. The van der Waals surface area contributed by atoms with E-state index >= 15 is 0 Å². The number of pyridine rings is 1. The highest BCUT2D eigenvalue weighted by molar-refractivity contribution is 5.96. The minimum atomic E-state index is -1.00. The van der Waals surface area contributed by atoms with Crippen LogP contribution in [0.25, 0.3) is 28.0 Å². The lowest BCUT2D eigenvalue weighted by atomic mass is 9.93. The van der Waals surface area contributed by atoms with E-state index in [4.69, 9.17) is 4.98 Å². The third kappa shape index (κ3) is 4.94. The van der Waals surface area contributed by atoms with E-state index in [0.717, 1.165) is 16.7 Å². The van der Waals surface area contributed by atoms with Crippen LogP contribution >= 0.6 is 0 Å². The van der Waals surface area contributed by atoms with Crippen molar-refractivity contribution in [3.8, 4) is 22.4 Å². The zero-order valence-corrected chi connectivity index (χ0v) is 21.4. The Kier molecular flexibility index (Phi) is 6.80. The average Bonchev–Trinajstić information content (AvgIpc) is 3.32. The van der Waals surface area contributed by atoms with Crippen molar-refractivity contribution in [1.82, 2.24) is 20.0 Å². The normalized spacial score (nSPS) is 12.4. The van der Waals surface area contributed by atoms with Crippen molar-refractivity contribution < 1.29 is 14.3 Å². The Morgan fingerprint density at radius 2 is 1.63 bits per heavy atom. The summed E-state index contributed by atoms with van der Waals surface area (Å²) >= 11 is 0. The predicted octanol–water partition coefficient (Wildman–Crippen LogP) is 5.68. The monoisotopic (exact) mass is 508 g/mol. The number of hydrogen-bond donors (Lipinski definition) is 3. The number of hydrogen-bond acceptors (Lipinski definition) is 4. The van der Waals surface area contributed by atoms with Crippen LogP contribution in [-0.4, -0.2) is 27.4 Å². The van der Waals surface area contributed by atoms with Crippen molar-refractivity contribution in [1.29, 1.82) is 0 Å². The summed E-state index contributed by atoms with van der Waals surface area (Å²) in [5, 5.41) is 16.8. The number of fused-ring (bicyclic) bond motifs is 1. The molecule has 0 radical (unpaired) electrons. The first-order valence-electron chi connectivity index (χ1n) is 12.4. The number of aliphatic hydroxyl groups excluding tert-OH is 1. The van der Waals surface area contributed by atoms with E-state index in [1.165, 1.54) is 12.1 Å². The van der Waals surface area contributed by atoms with Crippen molar-refractivity contribution in [3.63, 3.8) is 0 Å². The summed E-state index contributed by atoms with van der Waals surface area (Å²) in [6, 6.07) is 27.1. The molecule has 3 aromatic carbocycles. The number of nitrogens with one attached hydrogen (secondary N) is 2. The largest absolute Gasteiger partial charge is 0.373 e. The summed E-state index contributed by atoms with van der Waals surface area (Å²) < 4.78 is 15.3. The van der Waals surface area contributed by atoms with E-state index < -0.39 is 11.8 Å². The maximum atomic E-state index is 13.5. The van der Waals surface area contributed by atoms with Gasteiger partial charge in [0, 0.05) is 17.3 Å². The molecule has 2 aromatic heterocycles. The van der Waals surface area contributed by atoms with E-state index in [0.29, 0.717) is 28.2 Å². The third-order valence-corrected chi connectivity index (χ3v) is 6.69. The summed E-state index contributed by atoms with van der Waals surface area (Å²) in [4.78, 5) is 17.9. The molecule has 1 unspecified atom stereocenters. The van der Waals surface area contributed by atoms with Gasteiger partial charge < -0.3 is 10.4 Å². The van der Waals surface area contributed by atoms with Gasteiger partial charge in [0.25, 0.3) is 5.91 Å². The Bertz CT molecular complexity index is 1590. The molecule has 1 atom stereocenters. The average molecular weight is 509 g/mol. The van der Waals surface area contributed by atoms with E-state index in [2.05, 4.69) is 10.6 Å².